The smallest absolute Gasteiger partial charge is 0.475 e. The second-order valence-electron chi connectivity index (χ2n) is 7.13. The van der Waals surface area contributed by atoms with E-state index in [0.29, 0.717) is 22.4 Å². The first-order valence-electron chi connectivity index (χ1n) is 9.72. The van der Waals surface area contributed by atoms with Gasteiger partial charge in [0.25, 0.3) is 5.91 Å². The number of fused-ring (bicyclic) bond motifs is 1. The molecule has 0 atom stereocenters. The number of rotatable bonds is 3. The number of alkyl halides is 3. The molecule has 176 valence electrons. The van der Waals surface area contributed by atoms with Gasteiger partial charge in [-0.2, -0.15) is 13.2 Å². The first-order valence-corrected chi connectivity index (χ1v) is 10.1. The van der Waals surface area contributed by atoms with E-state index in [4.69, 9.17) is 21.5 Å². The van der Waals surface area contributed by atoms with Crippen LogP contribution in [0.25, 0.3) is 10.9 Å². The molecule has 33 heavy (non-hydrogen) atoms. The quantitative estimate of drug-likeness (QED) is 0.450. The summed E-state index contributed by atoms with van der Waals surface area (Å²) in [5.74, 6) is -2.32. The van der Waals surface area contributed by atoms with Crippen LogP contribution in [0.5, 0.6) is 0 Å². The number of hydrogen-bond acceptors (Lipinski definition) is 6. The lowest BCUT2D eigenvalue weighted by molar-refractivity contribution is -0.192. The summed E-state index contributed by atoms with van der Waals surface area (Å²) in [6, 6.07) is 5.51. The Morgan fingerprint density at radius 3 is 2.33 bits per heavy atom. The van der Waals surface area contributed by atoms with Crippen LogP contribution in [-0.2, 0) is 4.79 Å². The van der Waals surface area contributed by atoms with Gasteiger partial charge in [-0.3, -0.25) is 4.79 Å². The number of anilines is 2. The van der Waals surface area contributed by atoms with Gasteiger partial charge in [0.05, 0.1) is 18.1 Å². The summed E-state index contributed by atoms with van der Waals surface area (Å²) in [6.45, 7) is 5.56. The predicted octanol–water partition coefficient (Wildman–Crippen LogP) is 3.21. The zero-order valence-corrected chi connectivity index (χ0v) is 18.1. The average Bonchev–Trinajstić information content (AvgIpc) is 3.19. The standard InChI is InChI=1S/C18H19ClN6O.C2HF3O2/c1-11-6-12(19)7-15-14(11)8-16(24-15)17(26)23-13-9-21-18(22-10-13)25-4-2-20-3-5-25;3-2(4,5)1(6)7/h6-10,20,24H,2-5H2,1H3,(H,23,26);(H,6,7). The summed E-state index contributed by atoms with van der Waals surface area (Å²) in [4.78, 5) is 35.4. The SMILES string of the molecule is Cc1cc(Cl)cc2[nH]c(C(=O)Nc3cnc(N4CCNCC4)nc3)cc12.O=C(O)C(F)(F)F. The van der Waals surface area contributed by atoms with E-state index in [2.05, 4.69) is 30.5 Å². The maximum Gasteiger partial charge on any atom is 0.490 e. The van der Waals surface area contributed by atoms with E-state index in [-0.39, 0.29) is 5.91 Å². The number of carbonyl (C=O) groups excluding carboxylic acids is 1. The third kappa shape index (κ3) is 6.33. The van der Waals surface area contributed by atoms with Crippen molar-refractivity contribution in [2.45, 2.75) is 13.1 Å². The third-order valence-corrected chi connectivity index (χ3v) is 4.91. The largest absolute Gasteiger partial charge is 0.490 e. The highest BCUT2D eigenvalue weighted by atomic mass is 35.5. The van der Waals surface area contributed by atoms with E-state index in [0.717, 1.165) is 42.6 Å². The van der Waals surface area contributed by atoms with E-state index >= 15 is 0 Å². The zero-order chi connectivity index (χ0) is 24.2. The molecule has 3 aromatic rings. The van der Waals surface area contributed by atoms with Gasteiger partial charge in [-0.25, -0.2) is 14.8 Å². The number of piperazine rings is 1. The summed E-state index contributed by atoms with van der Waals surface area (Å²) in [5, 5.41) is 14.9. The van der Waals surface area contributed by atoms with Crippen molar-refractivity contribution >= 4 is 46.0 Å². The Bertz CT molecular complexity index is 1140. The van der Waals surface area contributed by atoms with Gasteiger partial charge in [0.15, 0.2) is 0 Å². The van der Waals surface area contributed by atoms with Gasteiger partial charge in [0, 0.05) is 42.1 Å². The number of benzene rings is 1. The first-order chi connectivity index (χ1) is 15.5. The Balaban J connectivity index is 0.000000383. The maximum atomic E-state index is 12.5. The molecule has 1 amide bonds. The number of H-pyrrole nitrogens is 1. The Morgan fingerprint density at radius 1 is 1.15 bits per heavy atom. The monoisotopic (exact) mass is 484 g/mol. The summed E-state index contributed by atoms with van der Waals surface area (Å²) in [5.41, 5.74) is 2.89. The second-order valence-corrected chi connectivity index (χ2v) is 7.57. The van der Waals surface area contributed by atoms with Gasteiger partial charge in [-0.05, 0) is 30.7 Å². The van der Waals surface area contributed by atoms with Gasteiger partial charge >= 0.3 is 12.1 Å². The lowest BCUT2D eigenvalue weighted by atomic mass is 10.1. The van der Waals surface area contributed by atoms with Crippen LogP contribution in [0.1, 0.15) is 16.1 Å². The van der Waals surface area contributed by atoms with Crippen molar-refractivity contribution in [3.05, 3.63) is 46.9 Å². The Hall–Kier alpha value is -3.38. The Morgan fingerprint density at radius 2 is 1.76 bits per heavy atom. The highest BCUT2D eigenvalue weighted by Crippen LogP contribution is 2.24. The highest BCUT2D eigenvalue weighted by Gasteiger charge is 2.38. The number of carboxylic acid groups (broad SMARTS) is 1. The number of nitrogens with zero attached hydrogens (tertiary/aromatic N) is 3. The molecule has 1 aliphatic rings. The highest BCUT2D eigenvalue weighted by molar-refractivity contribution is 6.31. The topological polar surface area (TPSA) is 123 Å². The minimum atomic E-state index is -5.08. The number of carboxylic acids is 1. The second kappa shape index (κ2) is 10.0. The number of carbonyl (C=O) groups is 2. The molecule has 13 heteroatoms. The number of aliphatic carboxylic acids is 1. The molecule has 1 fully saturated rings. The fourth-order valence-corrected chi connectivity index (χ4v) is 3.38. The van der Waals surface area contributed by atoms with Crippen molar-refractivity contribution in [1.82, 2.24) is 20.3 Å². The fraction of sp³-hybridized carbons (Fsp3) is 0.300. The minimum Gasteiger partial charge on any atom is -0.475 e. The third-order valence-electron chi connectivity index (χ3n) is 4.69. The van der Waals surface area contributed by atoms with E-state index in [1.807, 2.05) is 25.1 Å². The molecular formula is C20H20ClF3N6O3. The minimum absolute atomic E-state index is 0.241. The number of amides is 1. The number of aryl methyl sites for hydroxylation is 1. The fourth-order valence-electron chi connectivity index (χ4n) is 3.11. The molecule has 0 spiro atoms. The lowest BCUT2D eigenvalue weighted by Gasteiger charge is -2.27. The summed E-state index contributed by atoms with van der Waals surface area (Å²) < 4.78 is 31.7. The van der Waals surface area contributed by atoms with E-state index < -0.39 is 12.1 Å². The molecule has 3 heterocycles. The maximum absolute atomic E-state index is 12.5. The van der Waals surface area contributed by atoms with Crippen LogP contribution in [0.3, 0.4) is 0 Å². The molecule has 0 saturated carbocycles. The van der Waals surface area contributed by atoms with Crippen LogP contribution in [0, 0.1) is 6.92 Å². The van der Waals surface area contributed by atoms with Crippen LogP contribution < -0.4 is 15.5 Å². The van der Waals surface area contributed by atoms with Gasteiger partial charge in [-0.1, -0.05) is 11.6 Å². The van der Waals surface area contributed by atoms with E-state index in [1.54, 1.807) is 12.4 Å². The van der Waals surface area contributed by atoms with Gasteiger partial charge in [0.1, 0.15) is 5.69 Å². The number of aromatic amines is 1. The lowest BCUT2D eigenvalue weighted by Crippen LogP contribution is -2.44. The average molecular weight is 485 g/mol. The van der Waals surface area contributed by atoms with Gasteiger partial charge < -0.3 is 25.6 Å². The number of aromatic nitrogens is 3. The van der Waals surface area contributed by atoms with Crippen LogP contribution >= 0.6 is 11.6 Å². The van der Waals surface area contributed by atoms with Crippen molar-refractivity contribution in [2.75, 3.05) is 36.4 Å². The molecule has 2 aromatic heterocycles. The molecule has 1 aromatic carbocycles. The van der Waals surface area contributed by atoms with Crippen molar-refractivity contribution in [2.24, 2.45) is 0 Å². The normalized spacial score (nSPS) is 13.9. The molecule has 1 aliphatic heterocycles. The first kappa shape index (κ1) is 24.3. The number of hydrogen-bond donors (Lipinski definition) is 4. The van der Waals surface area contributed by atoms with Crippen molar-refractivity contribution in [3.8, 4) is 0 Å². The molecule has 0 aliphatic carbocycles. The van der Waals surface area contributed by atoms with Crippen molar-refractivity contribution < 1.29 is 27.9 Å². The molecular weight excluding hydrogens is 465 g/mol. The molecule has 0 radical (unpaired) electrons. The predicted molar refractivity (Wildman–Crippen MR) is 117 cm³/mol. The van der Waals surface area contributed by atoms with Crippen LogP contribution in [0.2, 0.25) is 5.02 Å². The van der Waals surface area contributed by atoms with Crippen LogP contribution in [-0.4, -0.2) is 64.3 Å². The molecule has 0 bridgehead atoms. The van der Waals surface area contributed by atoms with Crippen molar-refractivity contribution in [1.29, 1.82) is 0 Å². The van der Waals surface area contributed by atoms with Gasteiger partial charge in [0.2, 0.25) is 5.95 Å². The van der Waals surface area contributed by atoms with E-state index in [9.17, 15) is 18.0 Å². The zero-order valence-electron chi connectivity index (χ0n) is 17.3. The molecule has 1 saturated heterocycles. The van der Waals surface area contributed by atoms with Gasteiger partial charge in [-0.15, -0.1) is 0 Å². The Labute approximate surface area is 191 Å². The molecule has 0 unspecified atom stereocenters. The van der Waals surface area contributed by atoms with Crippen LogP contribution in [0.4, 0.5) is 24.8 Å². The van der Waals surface area contributed by atoms with Crippen molar-refractivity contribution in [3.63, 3.8) is 0 Å². The number of nitrogens with one attached hydrogen (secondary N) is 3. The molecule has 4 N–H and O–H groups in total. The van der Waals surface area contributed by atoms with E-state index in [1.165, 1.54) is 0 Å². The molecule has 4 rings (SSSR count). The molecule has 9 nitrogen and oxygen atoms in total. The van der Waals surface area contributed by atoms with Crippen LogP contribution in [0.15, 0.2) is 30.6 Å². The summed E-state index contributed by atoms with van der Waals surface area (Å²) in [7, 11) is 0. The summed E-state index contributed by atoms with van der Waals surface area (Å²) >= 11 is 6.08. The summed E-state index contributed by atoms with van der Waals surface area (Å²) in [6.07, 6.45) is -1.82. The number of halogens is 4. The Kier molecular flexibility index (Phi) is 7.39.